The fraction of sp³-hybridized carbons (Fsp3) is 0.0952. The van der Waals surface area contributed by atoms with Crippen molar-refractivity contribution in [3.63, 3.8) is 0 Å². The number of aromatic amines is 1. The number of rotatable bonds is 7. The lowest BCUT2D eigenvalue weighted by Crippen LogP contribution is -2.24. The summed E-state index contributed by atoms with van der Waals surface area (Å²) in [6.45, 7) is 0.190. The summed E-state index contributed by atoms with van der Waals surface area (Å²) in [5, 5.41) is 19.1. The molecule has 9 nitrogen and oxygen atoms in total. The Bertz CT molecular complexity index is 1170. The topological polar surface area (TPSA) is 152 Å². The molecule has 0 unspecified atom stereocenters. The Hall–Kier alpha value is -4.27. The third kappa shape index (κ3) is 3.95. The van der Waals surface area contributed by atoms with E-state index in [1.165, 1.54) is 25.3 Å². The zero-order valence-corrected chi connectivity index (χ0v) is 15.8. The molecule has 0 saturated heterocycles. The Balaban J connectivity index is 2.17. The average molecular weight is 410 g/mol. The fourth-order valence-electron chi connectivity index (χ4n) is 3.02. The van der Waals surface area contributed by atoms with E-state index < -0.39 is 34.4 Å². The van der Waals surface area contributed by atoms with Gasteiger partial charge in [0.1, 0.15) is 23.6 Å². The van der Waals surface area contributed by atoms with Crippen LogP contribution in [0.2, 0.25) is 0 Å². The maximum atomic E-state index is 12.2. The molecular weight excluding hydrogens is 392 g/mol. The summed E-state index contributed by atoms with van der Waals surface area (Å²) in [7, 11) is 1.43. The largest absolute Gasteiger partial charge is 0.493 e. The van der Waals surface area contributed by atoms with Gasteiger partial charge in [-0.25, -0.2) is 9.59 Å². The fourth-order valence-corrected chi connectivity index (χ4v) is 3.02. The van der Waals surface area contributed by atoms with Gasteiger partial charge in [0.15, 0.2) is 11.5 Å². The van der Waals surface area contributed by atoms with E-state index in [1.54, 1.807) is 0 Å². The number of nitrogens with one attached hydrogen (secondary N) is 1. The molecule has 9 heteroatoms. The number of ether oxygens (including phenoxy) is 2. The minimum absolute atomic E-state index is 0.131. The number of hydrogen-bond donors (Lipinski definition) is 4. The highest BCUT2D eigenvalue weighted by Gasteiger charge is 2.27. The van der Waals surface area contributed by atoms with Crippen molar-refractivity contribution in [2.24, 2.45) is 0 Å². The summed E-state index contributed by atoms with van der Waals surface area (Å²) >= 11 is 0. The van der Waals surface area contributed by atoms with Crippen LogP contribution in [-0.4, -0.2) is 34.2 Å². The standard InChI is InChI=1S/C21H18N2O7/c1-29-13-8-7-12(9-14(13)30-10-11-5-3-2-4-6-11)15-16(20(25)26)18(22)23-19(24)17(15)21(27)28/h2-9H,10H2,1H3,(H,25,26)(H,27,28)(H3,22,23,24). The number of aromatic carboxylic acids is 2. The minimum atomic E-state index is -1.59. The van der Waals surface area contributed by atoms with E-state index in [2.05, 4.69) is 4.98 Å². The Morgan fingerprint density at radius 2 is 1.67 bits per heavy atom. The van der Waals surface area contributed by atoms with Crippen LogP contribution in [0.15, 0.2) is 53.3 Å². The van der Waals surface area contributed by atoms with Gasteiger partial charge in [-0.1, -0.05) is 36.4 Å². The van der Waals surface area contributed by atoms with E-state index in [0.717, 1.165) is 5.56 Å². The first kappa shape index (κ1) is 20.5. The normalized spacial score (nSPS) is 10.4. The van der Waals surface area contributed by atoms with Crippen molar-refractivity contribution in [3.8, 4) is 22.6 Å². The van der Waals surface area contributed by atoms with Crippen LogP contribution >= 0.6 is 0 Å². The van der Waals surface area contributed by atoms with Crippen molar-refractivity contribution in [1.29, 1.82) is 0 Å². The van der Waals surface area contributed by atoms with Gasteiger partial charge in [0, 0.05) is 5.56 Å². The number of methoxy groups -OCH3 is 1. The molecule has 0 spiro atoms. The van der Waals surface area contributed by atoms with Gasteiger partial charge in [0.25, 0.3) is 5.56 Å². The van der Waals surface area contributed by atoms with Gasteiger partial charge >= 0.3 is 11.9 Å². The average Bonchev–Trinajstić information content (AvgIpc) is 2.71. The molecular formula is C21H18N2O7. The molecule has 1 heterocycles. The van der Waals surface area contributed by atoms with Gasteiger partial charge < -0.3 is 30.4 Å². The third-order valence-electron chi connectivity index (χ3n) is 4.36. The molecule has 1 aromatic heterocycles. The van der Waals surface area contributed by atoms with Crippen molar-refractivity contribution < 1.29 is 29.3 Å². The summed E-state index contributed by atoms with van der Waals surface area (Å²) < 4.78 is 11.1. The Labute approximate surface area is 170 Å². The van der Waals surface area contributed by atoms with Gasteiger partial charge in [-0.2, -0.15) is 0 Å². The van der Waals surface area contributed by atoms with Crippen LogP contribution in [0.25, 0.3) is 11.1 Å². The molecule has 3 aromatic rings. The maximum Gasteiger partial charge on any atom is 0.342 e. The molecule has 0 saturated carbocycles. The maximum absolute atomic E-state index is 12.2. The van der Waals surface area contributed by atoms with Crippen LogP contribution < -0.4 is 20.8 Å². The van der Waals surface area contributed by atoms with Crippen LogP contribution in [0.3, 0.4) is 0 Å². The second-order valence-corrected chi connectivity index (χ2v) is 6.24. The number of aromatic nitrogens is 1. The second-order valence-electron chi connectivity index (χ2n) is 6.24. The highest BCUT2D eigenvalue weighted by Crippen LogP contribution is 2.36. The number of carbonyl (C=O) groups is 2. The molecule has 0 aliphatic rings. The molecule has 0 amide bonds. The second kappa shape index (κ2) is 8.39. The Morgan fingerprint density at radius 1 is 1.00 bits per heavy atom. The van der Waals surface area contributed by atoms with Crippen LogP contribution in [0, 0.1) is 0 Å². The van der Waals surface area contributed by atoms with Gasteiger partial charge in [-0.15, -0.1) is 0 Å². The number of pyridine rings is 1. The Kier molecular flexibility index (Phi) is 5.73. The SMILES string of the molecule is COc1ccc(-c2c(C(=O)O)c(N)[nH]c(=O)c2C(=O)O)cc1OCc1ccccc1. The summed E-state index contributed by atoms with van der Waals surface area (Å²) in [5.74, 6) is -2.93. The molecule has 0 atom stereocenters. The zero-order valence-electron chi connectivity index (χ0n) is 15.8. The van der Waals surface area contributed by atoms with Gasteiger partial charge in [0.2, 0.25) is 0 Å². The Morgan fingerprint density at radius 3 is 2.27 bits per heavy atom. The number of H-pyrrole nitrogens is 1. The number of carboxylic acids is 2. The summed E-state index contributed by atoms with van der Waals surface area (Å²) in [6, 6.07) is 13.6. The van der Waals surface area contributed by atoms with Crippen LogP contribution in [0.1, 0.15) is 26.3 Å². The van der Waals surface area contributed by atoms with E-state index in [-0.39, 0.29) is 23.5 Å². The smallest absolute Gasteiger partial charge is 0.342 e. The first-order valence-corrected chi connectivity index (χ1v) is 8.71. The lowest BCUT2D eigenvalue weighted by molar-refractivity contribution is 0.0695. The molecule has 30 heavy (non-hydrogen) atoms. The number of anilines is 1. The van der Waals surface area contributed by atoms with Crippen molar-refractivity contribution in [2.75, 3.05) is 12.8 Å². The van der Waals surface area contributed by atoms with Crippen molar-refractivity contribution in [1.82, 2.24) is 4.98 Å². The van der Waals surface area contributed by atoms with Gasteiger partial charge in [0.05, 0.1) is 7.11 Å². The molecule has 5 N–H and O–H groups in total. The predicted octanol–water partition coefficient (Wildman–Crippen LogP) is 2.61. The van der Waals surface area contributed by atoms with Gasteiger partial charge in [-0.05, 0) is 23.3 Å². The van der Waals surface area contributed by atoms with E-state index in [0.29, 0.717) is 5.75 Å². The van der Waals surface area contributed by atoms with Crippen molar-refractivity contribution in [2.45, 2.75) is 6.61 Å². The van der Waals surface area contributed by atoms with Crippen molar-refractivity contribution in [3.05, 3.63) is 75.6 Å². The third-order valence-corrected chi connectivity index (χ3v) is 4.36. The highest BCUT2D eigenvalue weighted by atomic mass is 16.5. The molecule has 3 rings (SSSR count). The first-order valence-electron chi connectivity index (χ1n) is 8.71. The number of nitrogens with two attached hydrogens (primary N) is 1. The highest BCUT2D eigenvalue weighted by molar-refractivity contribution is 6.07. The zero-order chi connectivity index (χ0) is 21.8. The lowest BCUT2D eigenvalue weighted by Gasteiger charge is -2.15. The molecule has 0 aliphatic carbocycles. The monoisotopic (exact) mass is 410 g/mol. The van der Waals surface area contributed by atoms with Crippen LogP contribution in [0.4, 0.5) is 5.82 Å². The molecule has 154 valence electrons. The minimum Gasteiger partial charge on any atom is -0.493 e. The first-order chi connectivity index (χ1) is 14.3. The van der Waals surface area contributed by atoms with E-state index in [1.807, 2.05) is 30.3 Å². The molecule has 0 fully saturated rings. The van der Waals surface area contributed by atoms with E-state index in [9.17, 15) is 24.6 Å². The van der Waals surface area contributed by atoms with E-state index >= 15 is 0 Å². The molecule has 0 bridgehead atoms. The molecule has 0 aliphatic heterocycles. The lowest BCUT2D eigenvalue weighted by atomic mass is 9.95. The summed E-state index contributed by atoms with van der Waals surface area (Å²) in [5.41, 5.74) is 4.10. The quantitative estimate of drug-likeness (QED) is 0.464. The van der Waals surface area contributed by atoms with Crippen LogP contribution in [-0.2, 0) is 6.61 Å². The predicted molar refractivity (Wildman–Crippen MR) is 108 cm³/mol. The molecule has 2 aromatic carbocycles. The summed E-state index contributed by atoms with van der Waals surface area (Å²) in [4.78, 5) is 37.8. The molecule has 0 radical (unpaired) electrons. The van der Waals surface area contributed by atoms with Crippen LogP contribution in [0.5, 0.6) is 11.5 Å². The number of hydrogen-bond acceptors (Lipinski definition) is 6. The van der Waals surface area contributed by atoms with Gasteiger partial charge in [-0.3, -0.25) is 4.79 Å². The van der Waals surface area contributed by atoms with E-state index in [4.69, 9.17) is 15.2 Å². The number of benzene rings is 2. The van der Waals surface area contributed by atoms with Crippen molar-refractivity contribution >= 4 is 17.8 Å². The summed E-state index contributed by atoms with van der Waals surface area (Å²) in [6.07, 6.45) is 0. The number of nitrogen functional groups attached to an aromatic ring is 1. The number of carboxylic acid groups (broad SMARTS) is 2.